The Morgan fingerprint density at radius 2 is 1.89 bits per heavy atom. The molecule has 0 aliphatic carbocycles. The van der Waals surface area contributed by atoms with Gasteiger partial charge >= 0.3 is 6.18 Å². The molecule has 2 aromatic carbocycles. The van der Waals surface area contributed by atoms with Gasteiger partial charge in [0.1, 0.15) is 5.75 Å². The molecule has 1 atom stereocenters. The van der Waals surface area contributed by atoms with Gasteiger partial charge in [0.05, 0.1) is 6.10 Å². The summed E-state index contributed by atoms with van der Waals surface area (Å²) < 4.78 is 47.9. The van der Waals surface area contributed by atoms with Crippen LogP contribution in [0.3, 0.4) is 0 Å². The predicted molar refractivity (Wildman–Crippen MR) is 97.2 cm³/mol. The Balaban J connectivity index is 2.13. The van der Waals surface area contributed by atoms with Gasteiger partial charge in [-0.15, -0.1) is 0 Å². The first-order chi connectivity index (χ1) is 12.5. The van der Waals surface area contributed by atoms with Crippen molar-refractivity contribution in [2.24, 2.45) is 0 Å². The molecule has 1 aliphatic heterocycles. The lowest BCUT2D eigenvalue weighted by Gasteiger charge is -2.38. The van der Waals surface area contributed by atoms with Crippen molar-refractivity contribution < 1.29 is 22.7 Å². The summed E-state index contributed by atoms with van der Waals surface area (Å²) in [5.74, 6) is 0.190. The molecular formula is C20H23F3N2O2. The maximum atomic E-state index is 14.1. The molecule has 146 valence electrons. The number of hydrazine groups is 1. The van der Waals surface area contributed by atoms with Gasteiger partial charge in [0.15, 0.2) is 6.04 Å². The number of nitrogens with zero attached hydrogens (tertiary/aromatic N) is 1. The number of amides is 1. The van der Waals surface area contributed by atoms with Crippen LogP contribution in [0.2, 0.25) is 0 Å². The van der Waals surface area contributed by atoms with Crippen LogP contribution in [0.1, 0.15) is 45.7 Å². The molecule has 3 rings (SSSR count). The van der Waals surface area contributed by atoms with Crippen LogP contribution in [0.25, 0.3) is 10.8 Å². The highest BCUT2D eigenvalue weighted by molar-refractivity contribution is 5.87. The van der Waals surface area contributed by atoms with Crippen molar-refractivity contribution in [3.63, 3.8) is 0 Å². The van der Waals surface area contributed by atoms with Crippen LogP contribution < -0.4 is 10.2 Å². The fourth-order valence-corrected chi connectivity index (χ4v) is 3.55. The van der Waals surface area contributed by atoms with Crippen molar-refractivity contribution in [2.45, 2.75) is 58.0 Å². The molecule has 1 N–H and O–H groups in total. The van der Waals surface area contributed by atoms with E-state index >= 15 is 0 Å². The number of carbonyl (C=O) groups excluding carboxylic acids is 1. The standard InChI is InChI=1S/C20H23F3N2O2/c1-12(2)27-14-8-9-15-13(10-14)6-5-7-16(15)18(20(21,22)23)25-19(3,4)11-17(26)24-25/h5-10,12,18H,11H2,1-4H3,(H,24,26). The summed E-state index contributed by atoms with van der Waals surface area (Å²) in [6, 6.07) is 7.93. The minimum Gasteiger partial charge on any atom is -0.491 e. The van der Waals surface area contributed by atoms with E-state index in [1.165, 1.54) is 6.07 Å². The first-order valence-corrected chi connectivity index (χ1v) is 8.84. The molecule has 1 unspecified atom stereocenters. The van der Waals surface area contributed by atoms with Gasteiger partial charge in [0.25, 0.3) is 0 Å². The quantitative estimate of drug-likeness (QED) is 0.833. The number of hydrogen-bond acceptors (Lipinski definition) is 3. The number of hydrogen-bond donors (Lipinski definition) is 1. The molecule has 0 aromatic heterocycles. The number of fused-ring (bicyclic) bond motifs is 1. The third kappa shape index (κ3) is 3.88. The molecule has 0 saturated carbocycles. The first kappa shape index (κ1) is 19.5. The van der Waals surface area contributed by atoms with E-state index in [4.69, 9.17) is 4.74 Å². The molecule has 27 heavy (non-hydrogen) atoms. The van der Waals surface area contributed by atoms with Gasteiger partial charge in [-0.2, -0.15) is 18.2 Å². The van der Waals surface area contributed by atoms with Crippen LogP contribution >= 0.6 is 0 Å². The first-order valence-electron chi connectivity index (χ1n) is 8.84. The number of rotatable bonds is 4. The number of benzene rings is 2. The summed E-state index contributed by atoms with van der Waals surface area (Å²) >= 11 is 0. The van der Waals surface area contributed by atoms with Gasteiger partial charge in [0, 0.05) is 12.0 Å². The van der Waals surface area contributed by atoms with Crippen LogP contribution in [0.15, 0.2) is 36.4 Å². The van der Waals surface area contributed by atoms with E-state index in [2.05, 4.69) is 5.43 Å². The predicted octanol–water partition coefficient (Wildman–Crippen LogP) is 4.75. The van der Waals surface area contributed by atoms with E-state index in [0.29, 0.717) is 16.5 Å². The Labute approximate surface area is 156 Å². The second kappa shape index (κ2) is 6.71. The van der Waals surface area contributed by atoms with Crippen molar-refractivity contribution in [3.8, 4) is 5.75 Å². The van der Waals surface area contributed by atoms with E-state index < -0.39 is 23.7 Å². The van der Waals surface area contributed by atoms with Crippen molar-refractivity contribution in [1.82, 2.24) is 10.4 Å². The normalized spacial score (nSPS) is 18.7. The smallest absolute Gasteiger partial charge is 0.409 e. The molecule has 2 aromatic rings. The van der Waals surface area contributed by atoms with Crippen molar-refractivity contribution in [3.05, 3.63) is 42.0 Å². The molecule has 1 fully saturated rings. The Bertz CT molecular complexity index is 862. The number of alkyl halides is 3. The number of carbonyl (C=O) groups is 1. The molecule has 1 aliphatic rings. The zero-order valence-electron chi connectivity index (χ0n) is 15.7. The second-order valence-electron chi connectivity index (χ2n) is 7.74. The van der Waals surface area contributed by atoms with Crippen LogP contribution in [-0.2, 0) is 4.79 Å². The molecule has 1 heterocycles. The van der Waals surface area contributed by atoms with Crippen LogP contribution in [0.5, 0.6) is 5.75 Å². The van der Waals surface area contributed by atoms with E-state index in [1.54, 1.807) is 44.2 Å². The number of halogens is 3. The average molecular weight is 380 g/mol. The molecule has 0 spiro atoms. The van der Waals surface area contributed by atoms with Gasteiger partial charge in [-0.25, -0.2) is 0 Å². The van der Waals surface area contributed by atoms with Crippen molar-refractivity contribution in [2.75, 3.05) is 0 Å². The summed E-state index contributed by atoms with van der Waals surface area (Å²) in [7, 11) is 0. The monoisotopic (exact) mass is 380 g/mol. The highest BCUT2D eigenvalue weighted by Crippen LogP contribution is 2.44. The maximum absolute atomic E-state index is 14.1. The van der Waals surface area contributed by atoms with Gasteiger partial charge in [-0.3, -0.25) is 10.2 Å². The average Bonchev–Trinajstić information content (AvgIpc) is 2.78. The summed E-state index contributed by atoms with van der Waals surface area (Å²) in [6.07, 6.45) is -4.58. The largest absolute Gasteiger partial charge is 0.491 e. The van der Waals surface area contributed by atoms with Crippen LogP contribution in [0.4, 0.5) is 13.2 Å². The molecule has 1 amide bonds. The lowest BCUT2D eigenvalue weighted by Crippen LogP contribution is -2.51. The third-order valence-electron chi connectivity index (χ3n) is 4.61. The highest BCUT2D eigenvalue weighted by Gasteiger charge is 2.53. The van der Waals surface area contributed by atoms with Crippen molar-refractivity contribution in [1.29, 1.82) is 0 Å². The Morgan fingerprint density at radius 3 is 2.44 bits per heavy atom. The Hall–Kier alpha value is -2.28. The lowest BCUT2D eigenvalue weighted by atomic mass is 9.93. The fourth-order valence-electron chi connectivity index (χ4n) is 3.55. The topological polar surface area (TPSA) is 41.6 Å². The third-order valence-corrected chi connectivity index (χ3v) is 4.61. The van der Waals surface area contributed by atoms with Gasteiger partial charge < -0.3 is 4.74 Å². The molecule has 7 heteroatoms. The molecule has 0 radical (unpaired) electrons. The van der Waals surface area contributed by atoms with E-state index in [-0.39, 0.29) is 18.1 Å². The van der Waals surface area contributed by atoms with Gasteiger partial charge in [0.2, 0.25) is 5.91 Å². The molecule has 4 nitrogen and oxygen atoms in total. The summed E-state index contributed by atoms with van der Waals surface area (Å²) in [4.78, 5) is 11.8. The van der Waals surface area contributed by atoms with E-state index in [1.807, 2.05) is 13.8 Å². The van der Waals surface area contributed by atoms with Gasteiger partial charge in [-0.05, 0) is 56.2 Å². The Morgan fingerprint density at radius 1 is 1.19 bits per heavy atom. The zero-order chi connectivity index (χ0) is 20.0. The lowest BCUT2D eigenvalue weighted by molar-refractivity contribution is -0.203. The van der Waals surface area contributed by atoms with E-state index in [0.717, 1.165) is 5.01 Å². The second-order valence-corrected chi connectivity index (χ2v) is 7.74. The maximum Gasteiger partial charge on any atom is 0.409 e. The summed E-state index contributed by atoms with van der Waals surface area (Å²) in [6.45, 7) is 7.03. The zero-order valence-corrected chi connectivity index (χ0v) is 15.7. The van der Waals surface area contributed by atoms with Crippen LogP contribution in [-0.4, -0.2) is 28.7 Å². The molecule has 0 bridgehead atoms. The number of ether oxygens (including phenoxy) is 1. The van der Waals surface area contributed by atoms with Crippen LogP contribution in [0, 0.1) is 0 Å². The minimum absolute atomic E-state index is 0.0106. The Kier molecular flexibility index (Phi) is 4.84. The fraction of sp³-hybridized carbons (Fsp3) is 0.450. The summed E-state index contributed by atoms with van der Waals surface area (Å²) in [5, 5.41) is 2.17. The highest BCUT2D eigenvalue weighted by atomic mass is 19.4. The molecular weight excluding hydrogens is 357 g/mol. The number of nitrogens with one attached hydrogen (secondary N) is 1. The minimum atomic E-state index is -4.56. The van der Waals surface area contributed by atoms with Gasteiger partial charge in [-0.1, -0.05) is 24.3 Å². The van der Waals surface area contributed by atoms with E-state index in [9.17, 15) is 18.0 Å². The van der Waals surface area contributed by atoms with Crippen molar-refractivity contribution >= 4 is 16.7 Å². The summed E-state index contributed by atoms with van der Waals surface area (Å²) in [5.41, 5.74) is 1.55. The SMILES string of the molecule is CC(C)Oc1ccc2c(C(N3NC(=O)CC3(C)C)C(F)(F)F)cccc2c1. The molecule has 1 saturated heterocycles.